The van der Waals surface area contributed by atoms with E-state index in [1.54, 1.807) is 35.2 Å². The standard InChI is InChI=1S/C44H38N3O6P/c1-27(2)46(28(3)4)43(48)41-38(47-29(5)45-36-23-15-16-24-37(36)47)34-25-33-35(44(49)52-30-17-9-6-10-18-30)26-51-39(33)42(40(34)53-41)54(50,31-19-11-7-12-20-31)32-21-13-8-14-22-32/h6-28H,1-5H3. The van der Waals surface area contributed by atoms with E-state index in [1.165, 1.54) is 6.26 Å². The molecule has 10 heteroatoms. The van der Waals surface area contributed by atoms with Crippen LogP contribution in [0.2, 0.25) is 0 Å². The lowest BCUT2D eigenvalue weighted by Crippen LogP contribution is -2.42. The van der Waals surface area contributed by atoms with Gasteiger partial charge in [-0.3, -0.25) is 9.36 Å². The Morgan fingerprint density at radius 2 is 1.33 bits per heavy atom. The van der Waals surface area contributed by atoms with Crippen molar-refractivity contribution in [3.8, 4) is 11.4 Å². The number of furan rings is 2. The highest BCUT2D eigenvalue weighted by Gasteiger charge is 2.40. The molecule has 3 heterocycles. The number of hydrogen-bond donors (Lipinski definition) is 0. The molecule has 8 aromatic rings. The molecule has 270 valence electrons. The third kappa shape index (κ3) is 5.63. The number of fused-ring (bicyclic) bond motifs is 3. The second-order valence-electron chi connectivity index (χ2n) is 13.8. The molecule has 0 saturated heterocycles. The third-order valence-corrected chi connectivity index (χ3v) is 12.8. The van der Waals surface area contributed by atoms with Crippen molar-refractivity contribution in [2.45, 2.75) is 46.7 Å². The van der Waals surface area contributed by atoms with Crippen LogP contribution in [0.25, 0.3) is 38.7 Å². The molecule has 54 heavy (non-hydrogen) atoms. The van der Waals surface area contributed by atoms with Gasteiger partial charge in [0.25, 0.3) is 5.91 Å². The highest BCUT2D eigenvalue weighted by atomic mass is 31.2. The first kappa shape index (κ1) is 34.9. The Morgan fingerprint density at radius 1 is 0.759 bits per heavy atom. The van der Waals surface area contributed by atoms with Gasteiger partial charge in [0.2, 0.25) is 5.76 Å². The quantitative estimate of drug-likeness (QED) is 0.0828. The Balaban J connectivity index is 1.55. The largest absolute Gasteiger partial charge is 0.462 e. The molecule has 9 nitrogen and oxygen atoms in total. The fourth-order valence-corrected chi connectivity index (χ4v) is 10.4. The van der Waals surface area contributed by atoms with Crippen LogP contribution in [0.1, 0.15) is 54.4 Å². The van der Waals surface area contributed by atoms with Gasteiger partial charge in [-0.15, -0.1) is 0 Å². The zero-order valence-corrected chi connectivity index (χ0v) is 31.4. The molecule has 0 bridgehead atoms. The van der Waals surface area contributed by atoms with Gasteiger partial charge in [-0.1, -0.05) is 91.0 Å². The maximum atomic E-state index is 16.4. The zero-order valence-electron chi connectivity index (χ0n) is 30.5. The van der Waals surface area contributed by atoms with E-state index < -0.39 is 13.1 Å². The topological polar surface area (TPSA) is 108 Å². The molecule has 5 aromatic carbocycles. The van der Waals surface area contributed by atoms with E-state index in [9.17, 15) is 9.59 Å². The summed E-state index contributed by atoms with van der Waals surface area (Å²) in [7, 11) is -3.88. The van der Waals surface area contributed by atoms with Gasteiger partial charge in [0.1, 0.15) is 40.0 Å². The second-order valence-corrected chi connectivity index (χ2v) is 16.5. The number of rotatable bonds is 9. The summed E-state index contributed by atoms with van der Waals surface area (Å²) >= 11 is 0. The van der Waals surface area contributed by atoms with Crippen LogP contribution in [0.15, 0.2) is 136 Å². The number of aromatic nitrogens is 2. The smallest absolute Gasteiger partial charge is 0.347 e. The Labute approximate surface area is 312 Å². The molecule has 0 radical (unpaired) electrons. The van der Waals surface area contributed by atoms with E-state index in [4.69, 9.17) is 18.6 Å². The lowest BCUT2D eigenvalue weighted by Gasteiger charge is -2.30. The SMILES string of the molecule is Cc1nc2ccccc2n1-c1c(C(=O)N(C(C)C)C(C)C)oc2c(P(=O)(c3ccccc3)c3ccccc3)c3occ(C(=O)Oc4ccccc4)c3cc12. The number of amides is 1. The van der Waals surface area contributed by atoms with Crippen LogP contribution in [0.4, 0.5) is 0 Å². The van der Waals surface area contributed by atoms with Crippen LogP contribution in [0.3, 0.4) is 0 Å². The summed E-state index contributed by atoms with van der Waals surface area (Å²) in [6.07, 6.45) is 1.33. The van der Waals surface area contributed by atoms with Crippen LogP contribution in [-0.2, 0) is 4.57 Å². The van der Waals surface area contributed by atoms with Gasteiger partial charge in [-0.05, 0) is 65.0 Å². The number of carbonyl (C=O) groups excluding carboxylic acids is 2. The van der Waals surface area contributed by atoms with Gasteiger partial charge in [-0.25, -0.2) is 9.78 Å². The molecule has 3 aromatic heterocycles. The van der Waals surface area contributed by atoms with Crippen molar-refractivity contribution in [3.63, 3.8) is 0 Å². The first-order chi connectivity index (χ1) is 26.1. The summed E-state index contributed by atoms with van der Waals surface area (Å²) in [5.74, 6) is 0.0196. The van der Waals surface area contributed by atoms with Crippen molar-refractivity contribution in [3.05, 3.63) is 145 Å². The van der Waals surface area contributed by atoms with E-state index in [0.717, 1.165) is 11.0 Å². The molecule has 0 aliphatic carbocycles. The van der Waals surface area contributed by atoms with Crippen LogP contribution in [0.5, 0.6) is 5.75 Å². The Morgan fingerprint density at radius 3 is 1.94 bits per heavy atom. The molecule has 0 aliphatic heterocycles. The van der Waals surface area contributed by atoms with Crippen molar-refractivity contribution < 1.29 is 27.7 Å². The van der Waals surface area contributed by atoms with Crippen molar-refractivity contribution in [2.24, 2.45) is 0 Å². The molecule has 0 fully saturated rings. The van der Waals surface area contributed by atoms with Gasteiger partial charge in [-0.2, -0.15) is 0 Å². The van der Waals surface area contributed by atoms with Crippen LogP contribution >= 0.6 is 7.14 Å². The molecule has 0 N–H and O–H groups in total. The average molecular weight is 736 g/mol. The van der Waals surface area contributed by atoms with Gasteiger partial charge in [0.05, 0.1) is 11.0 Å². The van der Waals surface area contributed by atoms with E-state index in [0.29, 0.717) is 38.6 Å². The maximum Gasteiger partial charge on any atom is 0.347 e. The number of benzene rings is 5. The van der Waals surface area contributed by atoms with E-state index in [1.807, 2.05) is 130 Å². The summed E-state index contributed by atoms with van der Waals surface area (Å²) < 4.78 is 37.3. The van der Waals surface area contributed by atoms with Gasteiger partial charge >= 0.3 is 5.97 Å². The van der Waals surface area contributed by atoms with Crippen molar-refractivity contribution >= 4 is 67.9 Å². The maximum absolute atomic E-state index is 16.4. The summed E-state index contributed by atoms with van der Waals surface area (Å²) in [5.41, 5.74) is 2.42. The minimum atomic E-state index is -3.88. The fraction of sp³-hybridized carbons (Fsp3) is 0.159. The molecule has 0 atom stereocenters. The second kappa shape index (κ2) is 13.7. The molecule has 8 rings (SSSR count). The minimum Gasteiger partial charge on any atom is -0.462 e. The molecular formula is C44H38N3O6P. The Bertz CT molecular complexity index is 2680. The first-order valence-corrected chi connectivity index (χ1v) is 19.6. The van der Waals surface area contributed by atoms with Crippen molar-refractivity contribution in [1.29, 1.82) is 0 Å². The highest BCUT2D eigenvalue weighted by molar-refractivity contribution is 7.86. The fourth-order valence-electron chi connectivity index (χ4n) is 7.44. The summed E-state index contributed by atoms with van der Waals surface area (Å²) in [6.45, 7) is 9.70. The Hall–Kier alpha value is -6.18. The van der Waals surface area contributed by atoms with E-state index in [2.05, 4.69) is 0 Å². The number of esters is 1. The van der Waals surface area contributed by atoms with E-state index >= 15 is 4.57 Å². The predicted octanol–water partition coefficient (Wildman–Crippen LogP) is 8.94. The number of para-hydroxylation sites is 3. The van der Waals surface area contributed by atoms with Gasteiger partial charge < -0.3 is 23.0 Å². The zero-order chi connectivity index (χ0) is 37.7. The summed E-state index contributed by atoms with van der Waals surface area (Å²) in [5, 5.41) is 2.10. The molecule has 0 saturated carbocycles. The predicted molar refractivity (Wildman–Crippen MR) is 213 cm³/mol. The van der Waals surface area contributed by atoms with Crippen molar-refractivity contribution in [2.75, 3.05) is 0 Å². The lowest BCUT2D eigenvalue weighted by atomic mass is 10.1. The van der Waals surface area contributed by atoms with Crippen LogP contribution in [0, 0.1) is 6.92 Å². The van der Waals surface area contributed by atoms with Crippen molar-refractivity contribution in [1.82, 2.24) is 14.5 Å². The van der Waals surface area contributed by atoms with E-state index in [-0.39, 0.29) is 45.8 Å². The lowest BCUT2D eigenvalue weighted by molar-refractivity contribution is 0.0612. The number of carbonyl (C=O) groups is 2. The normalized spacial score (nSPS) is 12.0. The molecule has 0 unspecified atom stereocenters. The number of nitrogens with zero attached hydrogens (tertiary/aromatic N) is 3. The minimum absolute atomic E-state index is 0.0497. The van der Waals surface area contributed by atoms with Crippen LogP contribution in [-0.4, -0.2) is 38.4 Å². The molecule has 0 spiro atoms. The third-order valence-electron chi connectivity index (χ3n) is 9.69. The van der Waals surface area contributed by atoms with Gasteiger partial charge in [0.15, 0.2) is 12.7 Å². The summed E-state index contributed by atoms with van der Waals surface area (Å²) in [4.78, 5) is 35.5. The number of imidazole rings is 1. The number of hydrogen-bond acceptors (Lipinski definition) is 7. The average Bonchev–Trinajstić information content (AvgIpc) is 3.86. The monoisotopic (exact) mass is 735 g/mol. The highest BCUT2D eigenvalue weighted by Crippen LogP contribution is 2.49. The Kier molecular flexibility index (Phi) is 8.83. The number of aryl methyl sites for hydroxylation is 1. The van der Waals surface area contributed by atoms with Gasteiger partial charge in [0, 0.05) is 33.5 Å². The number of ether oxygens (including phenoxy) is 1. The molecule has 1 amide bonds. The summed E-state index contributed by atoms with van der Waals surface area (Å²) in [6, 6.07) is 36.2. The van der Waals surface area contributed by atoms with Crippen LogP contribution < -0.4 is 20.7 Å². The molecular weight excluding hydrogens is 697 g/mol. The molecule has 0 aliphatic rings. The first-order valence-electron chi connectivity index (χ1n) is 17.9.